The van der Waals surface area contributed by atoms with E-state index < -0.39 is 5.41 Å². The number of nitrogens with two attached hydrogens (primary N) is 1. The first-order chi connectivity index (χ1) is 8.91. The fourth-order valence-electron chi connectivity index (χ4n) is 3.25. The van der Waals surface area contributed by atoms with Crippen molar-refractivity contribution in [3.8, 4) is 0 Å². The lowest BCUT2D eigenvalue weighted by Crippen LogP contribution is -2.43. The molecule has 0 spiro atoms. The molecule has 4 nitrogen and oxygen atoms in total. The normalized spacial score (nSPS) is 28.9. The molecule has 1 aliphatic heterocycles. The van der Waals surface area contributed by atoms with Crippen LogP contribution in [0.1, 0.15) is 52.4 Å². The lowest BCUT2D eigenvalue weighted by atomic mass is 9.77. The molecule has 19 heavy (non-hydrogen) atoms. The number of carbonyl (C=O) groups is 1. The number of rotatable bonds is 6. The first-order valence-electron chi connectivity index (χ1n) is 7.37. The van der Waals surface area contributed by atoms with Crippen molar-refractivity contribution in [1.29, 1.82) is 0 Å². The minimum atomic E-state index is -0.541. The van der Waals surface area contributed by atoms with Gasteiger partial charge in [-0.25, -0.2) is 0 Å². The summed E-state index contributed by atoms with van der Waals surface area (Å²) in [5.74, 6) is 0.493. The van der Waals surface area contributed by atoms with E-state index >= 15 is 0 Å². The van der Waals surface area contributed by atoms with Gasteiger partial charge in [-0.05, 0) is 45.4 Å². The van der Waals surface area contributed by atoms with Gasteiger partial charge in [-0.1, -0.05) is 12.8 Å². The number of esters is 1. The molecule has 0 radical (unpaired) electrons. The highest BCUT2D eigenvalue weighted by atomic mass is 16.5. The van der Waals surface area contributed by atoms with E-state index in [0.717, 1.165) is 19.3 Å². The van der Waals surface area contributed by atoms with Gasteiger partial charge in [0.25, 0.3) is 0 Å². The Balaban J connectivity index is 2.06. The molecule has 0 bridgehead atoms. The van der Waals surface area contributed by atoms with Crippen LogP contribution in [-0.2, 0) is 14.3 Å². The smallest absolute Gasteiger partial charge is 0.313 e. The molecule has 2 unspecified atom stereocenters. The predicted octanol–water partition coefficient (Wildman–Crippen LogP) is 2.25. The third-order valence-electron chi connectivity index (χ3n) is 4.56. The number of hydrogen-bond acceptors (Lipinski definition) is 4. The molecule has 1 saturated heterocycles. The molecular formula is C15H27NO3. The van der Waals surface area contributed by atoms with Gasteiger partial charge in [0.1, 0.15) is 0 Å². The van der Waals surface area contributed by atoms with Crippen LogP contribution in [0.2, 0.25) is 0 Å². The van der Waals surface area contributed by atoms with Crippen molar-refractivity contribution >= 4 is 5.97 Å². The van der Waals surface area contributed by atoms with Crippen LogP contribution in [0, 0.1) is 11.3 Å². The third kappa shape index (κ3) is 3.48. The quantitative estimate of drug-likeness (QED) is 0.751. The van der Waals surface area contributed by atoms with Crippen LogP contribution >= 0.6 is 0 Å². The fourth-order valence-corrected chi connectivity index (χ4v) is 3.25. The zero-order chi connectivity index (χ0) is 14.1. The first kappa shape index (κ1) is 14.8. The van der Waals surface area contributed by atoms with Crippen molar-refractivity contribution < 1.29 is 14.3 Å². The summed E-state index contributed by atoms with van der Waals surface area (Å²) in [6.07, 6.45) is 6.19. The third-order valence-corrected chi connectivity index (χ3v) is 4.56. The van der Waals surface area contributed by atoms with Gasteiger partial charge in [0, 0.05) is 6.54 Å². The Hall–Kier alpha value is -0.610. The van der Waals surface area contributed by atoms with Gasteiger partial charge >= 0.3 is 5.97 Å². The van der Waals surface area contributed by atoms with Crippen LogP contribution in [0.25, 0.3) is 0 Å². The lowest BCUT2D eigenvalue weighted by Gasteiger charge is -2.32. The molecule has 0 aromatic heterocycles. The highest BCUT2D eigenvalue weighted by Gasteiger charge is 2.46. The van der Waals surface area contributed by atoms with Gasteiger partial charge < -0.3 is 15.2 Å². The van der Waals surface area contributed by atoms with Gasteiger partial charge in [0.05, 0.1) is 24.2 Å². The summed E-state index contributed by atoms with van der Waals surface area (Å²) in [6, 6.07) is 0. The molecule has 2 atom stereocenters. The van der Waals surface area contributed by atoms with Gasteiger partial charge in [0.2, 0.25) is 0 Å². The Morgan fingerprint density at radius 1 is 1.37 bits per heavy atom. The molecule has 1 heterocycles. The first-order valence-corrected chi connectivity index (χ1v) is 7.37. The van der Waals surface area contributed by atoms with E-state index in [1.165, 1.54) is 20.0 Å². The van der Waals surface area contributed by atoms with E-state index in [0.29, 0.717) is 18.9 Å². The zero-order valence-electron chi connectivity index (χ0n) is 12.4. The van der Waals surface area contributed by atoms with Gasteiger partial charge in [-0.2, -0.15) is 0 Å². The van der Waals surface area contributed by atoms with Crippen molar-refractivity contribution in [2.75, 3.05) is 13.7 Å². The maximum absolute atomic E-state index is 12.2. The Morgan fingerprint density at radius 2 is 2.05 bits per heavy atom. The standard InChI is InChI=1S/C15H27NO3/c1-14(2)7-6-12(19-14)9-15(10-16,13(17)18-3)8-11-4-5-11/h11-12H,4-10,16H2,1-3H3. The number of hydrogen-bond donors (Lipinski definition) is 1. The summed E-state index contributed by atoms with van der Waals surface area (Å²) >= 11 is 0. The summed E-state index contributed by atoms with van der Waals surface area (Å²) in [4.78, 5) is 12.2. The molecule has 0 amide bonds. The van der Waals surface area contributed by atoms with Crippen LogP contribution in [0.3, 0.4) is 0 Å². The van der Waals surface area contributed by atoms with Crippen molar-refractivity contribution in [2.24, 2.45) is 17.1 Å². The Bertz CT molecular complexity index is 338. The molecular weight excluding hydrogens is 242 g/mol. The average molecular weight is 269 g/mol. The molecule has 2 fully saturated rings. The van der Waals surface area contributed by atoms with Crippen LogP contribution in [0.4, 0.5) is 0 Å². The maximum Gasteiger partial charge on any atom is 0.313 e. The SMILES string of the molecule is COC(=O)C(CN)(CC1CC1)CC1CCC(C)(C)O1. The molecule has 0 aromatic rings. The number of carbonyl (C=O) groups excluding carboxylic acids is 1. The summed E-state index contributed by atoms with van der Waals surface area (Å²) in [7, 11) is 1.46. The van der Waals surface area contributed by atoms with Gasteiger partial charge in [-0.15, -0.1) is 0 Å². The second-order valence-electron chi connectivity index (χ2n) is 6.87. The second kappa shape index (κ2) is 5.41. The van der Waals surface area contributed by atoms with Crippen molar-refractivity contribution in [2.45, 2.75) is 64.1 Å². The topological polar surface area (TPSA) is 61.5 Å². The minimum Gasteiger partial charge on any atom is -0.469 e. The minimum absolute atomic E-state index is 0.0687. The van der Waals surface area contributed by atoms with Crippen molar-refractivity contribution in [3.05, 3.63) is 0 Å². The summed E-state index contributed by atoms with van der Waals surface area (Å²) in [5, 5.41) is 0. The summed E-state index contributed by atoms with van der Waals surface area (Å²) in [6.45, 7) is 4.57. The Labute approximate surface area is 116 Å². The molecule has 1 aliphatic carbocycles. The van der Waals surface area contributed by atoms with Gasteiger partial charge in [-0.3, -0.25) is 4.79 Å². The monoisotopic (exact) mass is 269 g/mol. The molecule has 1 saturated carbocycles. The van der Waals surface area contributed by atoms with Crippen molar-refractivity contribution in [1.82, 2.24) is 0 Å². The molecule has 4 heteroatoms. The fraction of sp³-hybridized carbons (Fsp3) is 0.933. The van der Waals surface area contributed by atoms with E-state index in [9.17, 15) is 4.79 Å². The highest BCUT2D eigenvalue weighted by Crippen LogP contribution is 2.45. The van der Waals surface area contributed by atoms with Gasteiger partial charge in [0.15, 0.2) is 0 Å². The molecule has 110 valence electrons. The lowest BCUT2D eigenvalue weighted by molar-refractivity contribution is -0.156. The van der Waals surface area contributed by atoms with E-state index in [1.54, 1.807) is 0 Å². The van der Waals surface area contributed by atoms with Crippen LogP contribution in [0.5, 0.6) is 0 Å². The zero-order valence-corrected chi connectivity index (χ0v) is 12.4. The molecule has 0 aromatic carbocycles. The summed E-state index contributed by atoms with van der Waals surface area (Å²) < 4.78 is 11.1. The predicted molar refractivity (Wildman–Crippen MR) is 73.6 cm³/mol. The average Bonchev–Trinajstić information content (AvgIpc) is 3.11. The summed E-state index contributed by atoms with van der Waals surface area (Å²) in [5.41, 5.74) is 5.34. The molecule has 2 N–H and O–H groups in total. The maximum atomic E-state index is 12.2. The largest absolute Gasteiger partial charge is 0.469 e. The number of ether oxygens (including phenoxy) is 2. The van der Waals surface area contributed by atoms with Crippen LogP contribution < -0.4 is 5.73 Å². The van der Waals surface area contributed by atoms with E-state index in [2.05, 4.69) is 13.8 Å². The highest BCUT2D eigenvalue weighted by molar-refractivity contribution is 5.77. The Morgan fingerprint density at radius 3 is 2.47 bits per heavy atom. The van der Waals surface area contributed by atoms with Crippen LogP contribution in [-0.4, -0.2) is 31.3 Å². The van der Waals surface area contributed by atoms with E-state index in [-0.39, 0.29) is 17.7 Å². The second-order valence-corrected chi connectivity index (χ2v) is 6.87. The van der Waals surface area contributed by atoms with E-state index in [4.69, 9.17) is 15.2 Å². The molecule has 2 aliphatic rings. The Kier molecular flexibility index (Phi) is 4.21. The van der Waals surface area contributed by atoms with Crippen molar-refractivity contribution in [3.63, 3.8) is 0 Å². The van der Waals surface area contributed by atoms with E-state index in [1.807, 2.05) is 0 Å². The molecule has 2 rings (SSSR count). The van der Waals surface area contributed by atoms with Crippen LogP contribution in [0.15, 0.2) is 0 Å². The number of methoxy groups -OCH3 is 1.